The van der Waals surface area contributed by atoms with Crippen molar-refractivity contribution in [2.24, 2.45) is 5.92 Å². The van der Waals surface area contributed by atoms with Crippen molar-refractivity contribution < 1.29 is 23.1 Å². The second-order valence-electron chi connectivity index (χ2n) is 8.72. The van der Waals surface area contributed by atoms with E-state index in [4.69, 9.17) is 11.6 Å². The first-order valence-corrected chi connectivity index (χ1v) is 13.8. The summed E-state index contributed by atoms with van der Waals surface area (Å²) < 4.78 is 30.3. The molecule has 0 radical (unpaired) electrons. The predicted molar refractivity (Wildman–Crippen MR) is 141 cm³/mol. The maximum Gasteiger partial charge on any atom is 0.321 e. The molecule has 3 N–H and O–H groups in total. The van der Waals surface area contributed by atoms with Gasteiger partial charge in [-0.15, -0.1) is 11.3 Å². The number of aliphatic carboxylic acids is 1. The quantitative estimate of drug-likeness (QED) is 0.384. The number of rotatable bonds is 8. The third-order valence-corrected chi connectivity index (χ3v) is 9.03. The summed E-state index contributed by atoms with van der Waals surface area (Å²) in [6, 6.07) is 13.0. The number of carboxylic acids is 1. The van der Waals surface area contributed by atoms with Gasteiger partial charge in [0.25, 0.3) is 5.91 Å². The van der Waals surface area contributed by atoms with E-state index in [1.807, 2.05) is 30.3 Å². The number of hydrogen-bond donors (Lipinski definition) is 3. The van der Waals surface area contributed by atoms with Crippen molar-refractivity contribution in [1.82, 2.24) is 15.0 Å². The van der Waals surface area contributed by atoms with Crippen LogP contribution in [0.3, 0.4) is 0 Å². The average Bonchev–Trinajstić information content (AvgIpc) is 3.26. The molecule has 4 rings (SSSR count). The molecule has 1 aliphatic carbocycles. The van der Waals surface area contributed by atoms with Crippen LogP contribution in [0.2, 0.25) is 5.02 Å². The van der Waals surface area contributed by atoms with E-state index >= 15 is 0 Å². The lowest BCUT2D eigenvalue weighted by Gasteiger charge is -2.34. The van der Waals surface area contributed by atoms with Gasteiger partial charge in [-0.25, -0.2) is 13.4 Å². The van der Waals surface area contributed by atoms with Gasteiger partial charge in [0.1, 0.15) is 6.04 Å². The zero-order valence-corrected chi connectivity index (χ0v) is 21.8. The van der Waals surface area contributed by atoms with E-state index in [1.54, 1.807) is 44.2 Å². The molecular weight excluding hydrogens is 522 g/mol. The molecule has 8 nitrogen and oxygen atoms in total. The highest BCUT2D eigenvalue weighted by Gasteiger charge is 2.46. The molecule has 0 saturated carbocycles. The predicted octanol–water partition coefficient (Wildman–Crippen LogP) is 4.45. The van der Waals surface area contributed by atoms with Crippen molar-refractivity contribution in [1.29, 1.82) is 0 Å². The van der Waals surface area contributed by atoms with E-state index in [1.165, 1.54) is 6.08 Å². The third-order valence-electron chi connectivity index (χ3n) is 5.83. The molecule has 36 heavy (non-hydrogen) atoms. The Bertz CT molecular complexity index is 1480. The van der Waals surface area contributed by atoms with E-state index in [9.17, 15) is 23.1 Å². The zero-order chi connectivity index (χ0) is 26.1. The SMILES string of the molecule is CC(C)[C@H](NS(=O)(=O)C1(NC(=O)c2nc3cc(Cl)ccc3s2)C=CC(c2ccccc2)=CC1)C(=O)O. The standard InChI is InChI=1S/C25H24ClN3O5S2/c1-15(2)21(24(31)32)29-36(33,34)25(12-10-17(11-13-25)16-6-4-3-5-7-16)28-22(30)23-27-19-14-18(26)8-9-20(19)35-23/h3-12,14-15,21,29H,13H2,1-2H3,(H,28,30)(H,31,32)/t21-,25?/m0/s1. The number of thiazole rings is 1. The topological polar surface area (TPSA) is 125 Å². The van der Waals surface area contributed by atoms with E-state index in [-0.39, 0.29) is 11.4 Å². The first-order chi connectivity index (χ1) is 17.0. The molecule has 0 spiro atoms. The monoisotopic (exact) mass is 545 g/mol. The van der Waals surface area contributed by atoms with Crippen molar-refractivity contribution in [2.75, 3.05) is 0 Å². The smallest absolute Gasteiger partial charge is 0.321 e. The lowest BCUT2D eigenvalue weighted by Crippen LogP contribution is -2.60. The summed E-state index contributed by atoms with van der Waals surface area (Å²) in [4.78, 5) is 27.4. The first kappa shape index (κ1) is 26.0. The van der Waals surface area contributed by atoms with Gasteiger partial charge in [0.15, 0.2) is 9.88 Å². The number of fused-ring (bicyclic) bond motifs is 1. The summed E-state index contributed by atoms with van der Waals surface area (Å²) in [6.45, 7) is 3.20. The molecule has 0 saturated heterocycles. The first-order valence-electron chi connectivity index (χ1n) is 11.1. The molecule has 3 aromatic rings. The Morgan fingerprint density at radius 2 is 1.89 bits per heavy atom. The summed E-state index contributed by atoms with van der Waals surface area (Å²) in [5.41, 5.74) is 2.18. The van der Waals surface area contributed by atoms with Gasteiger partial charge in [-0.1, -0.05) is 67.9 Å². The Morgan fingerprint density at radius 1 is 1.17 bits per heavy atom. The number of allylic oxidation sites excluding steroid dienone is 2. The molecule has 1 aromatic heterocycles. The minimum Gasteiger partial charge on any atom is -0.480 e. The summed E-state index contributed by atoms with van der Waals surface area (Å²) in [7, 11) is -4.42. The molecular formula is C25H24ClN3O5S2. The molecule has 0 fully saturated rings. The van der Waals surface area contributed by atoms with Crippen LogP contribution in [-0.2, 0) is 14.8 Å². The molecule has 0 bridgehead atoms. The molecule has 1 unspecified atom stereocenters. The minimum atomic E-state index is -4.42. The zero-order valence-electron chi connectivity index (χ0n) is 19.4. The van der Waals surface area contributed by atoms with Crippen molar-refractivity contribution in [3.63, 3.8) is 0 Å². The molecule has 0 aliphatic heterocycles. The number of sulfonamides is 1. The van der Waals surface area contributed by atoms with E-state index in [0.717, 1.165) is 27.2 Å². The second kappa shape index (κ2) is 10.1. The lowest BCUT2D eigenvalue weighted by atomic mass is 9.96. The number of carbonyl (C=O) groups excluding carboxylic acids is 1. The van der Waals surface area contributed by atoms with Gasteiger partial charge in [0.05, 0.1) is 10.2 Å². The Morgan fingerprint density at radius 3 is 2.50 bits per heavy atom. The average molecular weight is 546 g/mol. The van der Waals surface area contributed by atoms with E-state index in [2.05, 4.69) is 15.0 Å². The van der Waals surface area contributed by atoms with Crippen molar-refractivity contribution in [2.45, 2.75) is 31.2 Å². The van der Waals surface area contributed by atoms with Crippen LogP contribution < -0.4 is 10.0 Å². The Balaban J connectivity index is 1.71. The summed E-state index contributed by atoms with van der Waals surface area (Å²) >= 11 is 7.12. The molecule has 1 aliphatic rings. The highest BCUT2D eigenvalue weighted by Crippen LogP contribution is 2.32. The number of aromatic nitrogens is 1. The van der Waals surface area contributed by atoms with Crippen LogP contribution in [0.4, 0.5) is 0 Å². The Labute approximate surface area is 217 Å². The number of hydrogen-bond acceptors (Lipinski definition) is 6. The van der Waals surface area contributed by atoms with E-state index < -0.39 is 38.7 Å². The Hall–Kier alpha value is -3.05. The second-order valence-corrected chi connectivity index (χ2v) is 12.2. The van der Waals surface area contributed by atoms with Gasteiger partial charge in [-0.2, -0.15) is 4.72 Å². The van der Waals surface area contributed by atoms with Crippen LogP contribution in [0, 0.1) is 5.92 Å². The molecule has 1 amide bonds. The summed E-state index contributed by atoms with van der Waals surface area (Å²) in [5.74, 6) is -2.53. The minimum absolute atomic E-state index is 0.0618. The molecule has 2 aromatic carbocycles. The van der Waals surface area contributed by atoms with Crippen LogP contribution in [0.15, 0.2) is 66.8 Å². The number of amides is 1. The molecule has 1 heterocycles. The summed E-state index contributed by atoms with van der Waals surface area (Å²) in [6.07, 6.45) is 4.59. The van der Waals surface area contributed by atoms with Gasteiger partial charge >= 0.3 is 5.97 Å². The van der Waals surface area contributed by atoms with Crippen molar-refractivity contribution in [3.8, 4) is 0 Å². The molecule has 2 atom stereocenters. The van der Waals surface area contributed by atoms with Crippen molar-refractivity contribution >= 4 is 60.6 Å². The Kier molecular flexibility index (Phi) is 7.33. The van der Waals surface area contributed by atoms with Crippen LogP contribution in [0.25, 0.3) is 15.8 Å². The number of nitrogens with zero attached hydrogens (tertiary/aromatic N) is 1. The van der Waals surface area contributed by atoms with Gasteiger partial charge in [-0.05, 0) is 41.3 Å². The van der Waals surface area contributed by atoms with Gasteiger partial charge in [0, 0.05) is 11.4 Å². The number of halogens is 1. The van der Waals surface area contributed by atoms with Crippen LogP contribution in [-0.4, -0.2) is 41.3 Å². The maximum atomic E-state index is 13.6. The molecule has 188 valence electrons. The fourth-order valence-electron chi connectivity index (χ4n) is 3.81. The number of carbonyl (C=O) groups is 2. The largest absolute Gasteiger partial charge is 0.480 e. The van der Waals surface area contributed by atoms with Gasteiger partial charge in [0.2, 0.25) is 10.0 Å². The number of benzene rings is 2. The molecule has 11 heteroatoms. The highest BCUT2D eigenvalue weighted by atomic mass is 35.5. The van der Waals surface area contributed by atoms with Gasteiger partial charge in [-0.3, -0.25) is 9.59 Å². The number of nitrogens with one attached hydrogen (secondary N) is 2. The van der Waals surface area contributed by atoms with E-state index in [0.29, 0.717) is 10.5 Å². The van der Waals surface area contributed by atoms with Crippen LogP contribution in [0.5, 0.6) is 0 Å². The van der Waals surface area contributed by atoms with Crippen LogP contribution in [0.1, 0.15) is 35.6 Å². The highest BCUT2D eigenvalue weighted by molar-refractivity contribution is 7.91. The summed E-state index contributed by atoms with van der Waals surface area (Å²) in [5, 5.41) is 12.7. The van der Waals surface area contributed by atoms with Crippen molar-refractivity contribution in [3.05, 3.63) is 82.4 Å². The number of carboxylic acid groups (broad SMARTS) is 1. The third kappa shape index (κ3) is 5.22. The lowest BCUT2D eigenvalue weighted by molar-refractivity contribution is -0.140. The fourth-order valence-corrected chi connectivity index (χ4v) is 6.52. The maximum absolute atomic E-state index is 13.6. The van der Waals surface area contributed by atoms with Crippen LogP contribution >= 0.6 is 22.9 Å². The van der Waals surface area contributed by atoms with Gasteiger partial charge < -0.3 is 10.4 Å². The normalized spacial score (nSPS) is 18.7. The fraction of sp³-hybridized carbons (Fsp3) is 0.240.